The molecule has 0 heterocycles. The monoisotopic (exact) mass is 562 g/mol. The average molecular weight is 563 g/mol. The molecule has 6 nitrogen and oxygen atoms in total. The molecule has 0 radical (unpaired) electrons. The van der Waals surface area contributed by atoms with Crippen LogP contribution in [0.3, 0.4) is 0 Å². The fraction of sp³-hybridized carbons (Fsp3) is 0.652. The number of benzene rings is 1. The molecule has 1 aromatic rings. The molecule has 3 N–H and O–H groups in total. The maximum absolute atomic E-state index is 12.2. The summed E-state index contributed by atoms with van der Waals surface area (Å²) < 4.78 is 12.2. The van der Waals surface area contributed by atoms with Crippen molar-refractivity contribution in [1.82, 2.24) is 16.0 Å². The molecule has 8 heteroatoms. The third kappa shape index (κ3) is 9.89. The highest BCUT2D eigenvalue weighted by Gasteiger charge is 2.26. The maximum atomic E-state index is 12.2. The van der Waals surface area contributed by atoms with Crippen molar-refractivity contribution < 1.29 is 9.00 Å². The number of hydrogen-bond acceptors (Lipinski definition) is 3. The molecule has 3 unspecified atom stereocenters. The summed E-state index contributed by atoms with van der Waals surface area (Å²) in [4.78, 5) is 16.8. The molecule has 0 bridgehead atoms. The summed E-state index contributed by atoms with van der Waals surface area (Å²) in [6.07, 6.45) is 6.25. The van der Waals surface area contributed by atoms with Gasteiger partial charge in [-0.3, -0.25) is 9.00 Å². The van der Waals surface area contributed by atoms with Crippen LogP contribution in [0.1, 0.15) is 75.2 Å². The Morgan fingerprint density at radius 1 is 1.13 bits per heavy atom. The molecule has 1 saturated carbocycles. The van der Waals surface area contributed by atoms with Crippen molar-refractivity contribution in [3.63, 3.8) is 0 Å². The Bertz CT molecular complexity index is 712. The Labute approximate surface area is 207 Å². The van der Waals surface area contributed by atoms with Gasteiger partial charge in [-0.2, -0.15) is 0 Å². The average Bonchev–Trinajstić information content (AvgIpc) is 2.77. The van der Waals surface area contributed by atoms with Crippen LogP contribution < -0.4 is 16.0 Å². The van der Waals surface area contributed by atoms with E-state index in [0.29, 0.717) is 29.9 Å². The molecule has 2 rings (SSSR count). The van der Waals surface area contributed by atoms with Crippen LogP contribution in [-0.2, 0) is 17.3 Å². The smallest absolute Gasteiger partial charge is 0.251 e. The van der Waals surface area contributed by atoms with Gasteiger partial charge in [0.25, 0.3) is 5.91 Å². The summed E-state index contributed by atoms with van der Waals surface area (Å²) in [5, 5.41) is 10.1. The number of amides is 1. The molecule has 3 atom stereocenters. The zero-order chi connectivity index (χ0) is 21.8. The molecular weight excluding hydrogens is 523 g/mol. The number of halogens is 1. The topological polar surface area (TPSA) is 82.6 Å². The first-order chi connectivity index (χ1) is 14.6. The van der Waals surface area contributed by atoms with E-state index in [1.54, 1.807) is 0 Å². The van der Waals surface area contributed by atoms with Gasteiger partial charge < -0.3 is 16.0 Å². The van der Waals surface area contributed by atoms with Crippen LogP contribution in [0.5, 0.6) is 0 Å². The zero-order valence-corrected chi connectivity index (χ0v) is 22.3. The van der Waals surface area contributed by atoms with Gasteiger partial charge in [0.1, 0.15) is 0 Å². The lowest BCUT2D eigenvalue weighted by Crippen LogP contribution is -2.46. The molecule has 0 aliphatic heterocycles. The Hall–Kier alpha value is -1.16. The minimum Gasteiger partial charge on any atom is -0.357 e. The second-order valence-electron chi connectivity index (χ2n) is 7.80. The van der Waals surface area contributed by atoms with E-state index in [2.05, 4.69) is 29.8 Å². The maximum Gasteiger partial charge on any atom is 0.251 e. The van der Waals surface area contributed by atoms with Gasteiger partial charge in [-0.05, 0) is 50.3 Å². The van der Waals surface area contributed by atoms with E-state index in [9.17, 15) is 9.00 Å². The van der Waals surface area contributed by atoms with E-state index >= 15 is 0 Å². The summed E-state index contributed by atoms with van der Waals surface area (Å²) >= 11 is 0. The van der Waals surface area contributed by atoms with Crippen LogP contribution in [-0.4, -0.2) is 46.2 Å². The van der Waals surface area contributed by atoms with Gasteiger partial charge in [0.15, 0.2) is 5.96 Å². The number of nitrogens with zero attached hydrogens (tertiary/aromatic N) is 1. The van der Waals surface area contributed by atoms with Crippen LogP contribution in [0, 0.1) is 0 Å². The minimum atomic E-state index is -0.728. The summed E-state index contributed by atoms with van der Waals surface area (Å²) in [5.41, 5.74) is 1.74. The van der Waals surface area contributed by atoms with Gasteiger partial charge in [0, 0.05) is 46.5 Å². The molecular formula is C23H39IN4O2S. The van der Waals surface area contributed by atoms with Crippen molar-refractivity contribution in [2.75, 3.05) is 18.8 Å². The molecule has 1 fully saturated rings. The van der Waals surface area contributed by atoms with Crippen molar-refractivity contribution in [3.8, 4) is 0 Å². The summed E-state index contributed by atoms with van der Waals surface area (Å²) in [7, 11) is -0.728. The molecule has 176 valence electrons. The first kappa shape index (κ1) is 27.9. The summed E-state index contributed by atoms with van der Waals surface area (Å²) in [6, 6.07) is 7.95. The standard InChI is InChI=1S/C23H38N4O2S.HI/c1-4-7-15-25-22(28)19-13-11-18(12-14-19)17-26-23(24-5-2)27-20-9-8-10-21(16-20)30(29)6-3;/h11-14,20-21H,4-10,15-17H2,1-3H3,(H,25,28)(H2,24,26,27);1H. The van der Waals surface area contributed by atoms with Crippen LogP contribution >= 0.6 is 24.0 Å². The van der Waals surface area contributed by atoms with Crippen LogP contribution in [0.15, 0.2) is 29.3 Å². The van der Waals surface area contributed by atoms with Gasteiger partial charge >= 0.3 is 0 Å². The minimum absolute atomic E-state index is 0. The van der Waals surface area contributed by atoms with Crippen molar-refractivity contribution in [3.05, 3.63) is 35.4 Å². The van der Waals surface area contributed by atoms with E-state index in [4.69, 9.17) is 4.99 Å². The van der Waals surface area contributed by atoms with Gasteiger partial charge in [0.2, 0.25) is 0 Å². The molecule has 1 aliphatic carbocycles. The highest BCUT2D eigenvalue weighted by Crippen LogP contribution is 2.23. The number of aliphatic imine (C=N–C) groups is 1. The predicted molar refractivity (Wildman–Crippen MR) is 142 cm³/mol. The number of carbonyl (C=O) groups excluding carboxylic acids is 1. The SMILES string of the molecule is CCCCNC(=O)c1ccc(CN=C(NCC)NC2CCCC(S(=O)CC)C2)cc1.I. The molecule has 0 aromatic heterocycles. The quantitative estimate of drug-likeness (QED) is 0.175. The van der Waals surface area contributed by atoms with Gasteiger partial charge in [0.05, 0.1) is 6.54 Å². The number of nitrogens with one attached hydrogen (secondary N) is 3. The van der Waals surface area contributed by atoms with Crippen LogP contribution in [0.4, 0.5) is 0 Å². The highest BCUT2D eigenvalue weighted by atomic mass is 127. The fourth-order valence-electron chi connectivity index (χ4n) is 3.68. The second kappa shape index (κ2) is 15.6. The van der Waals surface area contributed by atoms with E-state index in [1.807, 2.05) is 31.2 Å². The molecule has 0 saturated heterocycles. The summed E-state index contributed by atoms with van der Waals surface area (Å²) in [6.45, 7) is 8.21. The molecule has 0 spiro atoms. The van der Waals surface area contributed by atoms with Crippen LogP contribution in [0.2, 0.25) is 0 Å². The second-order valence-corrected chi connectivity index (χ2v) is 9.81. The van der Waals surface area contributed by atoms with Gasteiger partial charge in [-0.1, -0.05) is 38.8 Å². The van der Waals surface area contributed by atoms with E-state index in [1.165, 1.54) is 0 Å². The largest absolute Gasteiger partial charge is 0.357 e. The number of unbranched alkanes of at least 4 members (excludes halogenated alkanes) is 1. The summed E-state index contributed by atoms with van der Waals surface area (Å²) in [5.74, 6) is 1.51. The molecule has 1 aromatic carbocycles. The number of guanidine groups is 1. The Morgan fingerprint density at radius 3 is 2.52 bits per heavy atom. The van der Waals surface area contributed by atoms with E-state index in [-0.39, 0.29) is 29.9 Å². The van der Waals surface area contributed by atoms with Crippen molar-refractivity contribution >= 4 is 46.6 Å². The van der Waals surface area contributed by atoms with Crippen molar-refractivity contribution in [2.45, 2.75) is 77.1 Å². The number of carbonyl (C=O) groups is 1. The van der Waals surface area contributed by atoms with Gasteiger partial charge in [-0.25, -0.2) is 4.99 Å². The first-order valence-electron chi connectivity index (χ1n) is 11.4. The van der Waals surface area contributed by atoms with E-state index in [0.717, 1.165) is 62.3 Å². The van der Waals surface area contributed by atoms with E-state index < -0.39 is 10.8 Å². The normalized spacial score (nSPS) is 19.8. The third-order valence-electron chi connectivity index (χ3n) is 5.42. The zero-order valence-electron chi connectivity index (χ0n) is 19.1. The number of hydrogen-bond donors (Lipinski definition) is 3. The first-order valence-corrected chi connectivity index (χ1v) is 12.7. The number of rotatable bonds is 10. The Morgan fingerprint density at radius 2 is 1.87 bits per heavy atom. The lowest BCUT2D eigenvalue weighted by molar-refractivity contribution is 0.0953. The predicted octanol–water partition coefficient (Wildman–Crippen LogP) is 3.97. The fourth-order valence-corrected chi connectivity index (χ4v) is 5.02. The molecule has 31 heavy (non-hydrogen) atoms. The van der Waals surface area contributed by atoms with Gasteiger partial charge in [-0.15, -0.1) is 24.0 Å². The molecule has 1 amide bonds. The highest BCUT2D eigenvalue weighted by molar-refractivity contribution is 14.0. The Balaban J connectivity index is 0.00000480. The third-order valence-corrected chi connectivity index (χ3v) is 7.16. The van der Waals surface area contributed by atoms with Crippen LogP contribution in [0.25, 0.3) is 0 Å². The Kier molecular flexibility index (Phi) is 14.0. The van der Waals surface area contributed by atoms with Crippen molar-refractivity contribution in [1.29, 1.82) is 0 Å². The van der Waals surface area contributed by atoms with Crippen molar-refractivity contribution in [2.24, 2.45) is 4.99 Å². The molecule has 1 aliphatic rings. The lowest BCUT2D eigenvalue weighted by Gasteiger charge is -2.30. The lowest BCUT2D eigenvalue weighted by atomic mass is 9.95.